The Balaban J connectivity index is 1.87. The van der Waals surface area contributed by atoms with Gasteiger partial charge < -0.3 is 0 Å². The van der Waals surface area contributed by atoms with Crippen molar-refractivity contribution in [1.29, 1.82) is 0 Å². The summed E-state index contributed by atoms with van der Waals surface area (Å²) in [5.41, 5.74) is 2.39. The van der Waals surface area contributed by atoms with Crippen molar-refractivity contribution in [2.24, 2.45) is 0 Å². The first-order chi connectivity index (χ1) is 9.72. The van der Waals surface area contributed by atoms with Crippen molar-refractivity contribution in [3.8, 4) is 0 Å². The first kappa shape index (κ1) is 13.7. The lowest BCUT2D eigenvalue weighted by Gasteiger charge is -2.12. The summed E-state index contributed by atoms with van der Waals surface area (Å²) in [6.45, 7) is 2.16. The molecule has 1 aromatic carbocycles. The molecule has 2 N–H and O–H groups in total. The Bertz CT molecular complexity index is 601. The molecule has 1 fully saturated rings. The second-order valence-corrected chi connectivity index (χ2v) is 6.33. The highest BCUT2D eigenvalue weighted by atomic mass is 35.5. The van der Waals surface area contributed by atoms with Crippen LogP contribution in [0.1, 0.15) is 44.1 Å². The first-order valence-electron chi connectivity index (χ1n) is 7.61. The first-order valence-corrected chi connectivity index (χ1v) is 7.99. The van der Waals surface area contributed by atoms with Crippen LogP contribution in [0.4, 0.5) is 5.82 Å². The van der Waals surface area contributed by atoms with Crippen LogP contribution in [0.15, 0.2) is 24.3 Å². The maximum atomic E-state index is 6.10. The van der Waals surface area contributed by atoms with Crippen LogP contribution in [0.25, 0.3) is 10.9 Å². The number of halogens is 1. The van der Waals surface area contributed by atoms with E-state index in [0.29, 0.717) is 6.04 Å². The van der Waals surface area contributed by atoms with Gasteiger partial charge in [0.15, 0.2) is 0 Å². The standard InChI is InChI=1S/C17H21ClN2/c1-12-10-17(19-14-6-4-2-3-5-7-14)20-16-11-13(18)8-9-15(12)16/h8-11,14H,2-7H2,1H3,(H,19,20)/p+1. The van der Waals surface area contributed by atoms with Gasteiger partial charge in [-0.1, -0.05) is 24.4 Å². The van der Waals surface area contributed by atoms with Crippen molar-refractivity contribution in [3.05, 3.63) is 34.9 Å². The number of rotatable bonds is 2. The molecule has 0 atom stereocenters. The van der Waals surface area contributed by atoms with Crippen LogP contribution in [0.3, 0.4) is 0 Å². The molecule has 1 heterocycles. The van der Waals surface area contributed by atoms with Crippen molar-refractivity contribution in [1.82, 2.24) is 0 Å². The van der Waals surface area contributed by atoms with E-state index in [1.54, 1.807) is 0 Å². The van der Waals surface area contributed by atoms with E-state index in [4.69, 9.17) is 11.6 Å². The van der Waals surface area contributed by atoms with Gasteiger partial charge in [0.25, 0.3) is 5.82 Å². The van der Waals surface area contributed by atoms with Crippen LogP contribution < -0.4 is 10.3 Å². The zero-order chi connectivity index (χ0) is 13.9. The van der Waals surface area contributed by atoms with Crippen molar-refractivity contribution in [2.45, 2.75) is 51.5 Å². The molecule has 1 saturated carbocycles. The van der Waals surface area contributed by atoms with Gasteiger partial charge in [-0.2, -0.15) is 0 Å². The second kappa shape index (κ2) is 6.01. The van der Waals surface area contributed by atoms with E-state index >= 15 is 0 Å². The van der Waals surface area contributed by atoms with Crippen molar-refractivity contribution in [2.75, 3.05) is 5.32 Å². The molecular formula is C17H22ClN2+. The van der Waals surface area contributed by atoms with Crippen LogP contribution in [0.2, 0.25) is 5.02 Å². The number of benzene rings is 1. The minimum Gasteiger partial charge on any atom is -0.272 e. The Morgan fingerprint density at radius 1 is 1.10 bits per heavy atom. The molecule has 106 valence electrons. The highest BCUT2D eigenvalue weighted by Crippen LogP contribution is 2.23. The average molecular weight is 290 g/mol. The van der Waals surface area contributed by atoms with E-state index in [1.807, 2.05) is 12.1 Å². The summed E-state index contributed by atoms with van der Waals surface area (Å²) in [6.07, 6.45) is 8.01. The zero-order valence-corrected chi connectivity index (χ0v) is 12.8. The zero-order valence-electron chi connectivity index (χ0n) is 12.0. The number of hydrogen-bond donors (Lipinski definition) is 1. The molecule has 2 nitrogen and oxygen atoms in total. The molecule has 20 heavy (non-hydrogen) atoms. The lowest BCUT2D eigenvalue weighted by molar-refractivity contribution is -0.327. The molecule has 0 saturated heterocycles. The maximum Gasteiger partial charge on any atom is 0.273 e. The normalized spacial score (nSPS) is 17.1. The molecule has 1 aliphatic carbocycles. The number of aromatic amines is 1. The molecule has 0 aliphatic heterocycles. The monoisotopic (exact) mass is 289 g/mol. The third kappa shape index (κ3) is 3.06. The maximum absolute atomic E-state index is 6.10. The molecule has 0 bridgehead atoms. The van der Waals surface area contributed by atoms with Crippen LogP contribution in [-0.2, 0) is 0 Å². The summed E-state index contributed by atoms with van der Waals surface area (Å²) in [7, 11) is 0. The predicted octanol–water partition coefficient (Wildman–Crippen LogP) is 4.75. The third-order valence-corrected chi connectivity index (χ3v) is 4.49. The van der Waals surface area contributed by atoms with Gasteiger partial charge in [-0.05, 0) is 50.3 Å². The number of nitrogens with one attached hydrogen (secondary N) is 2. The van der Waals surface area contributed by atoms with Gasteiger partial charge >= 0.3 is 0 Å². The molecule has 0 amide bonds. The molecule has 3 heteroatoms. The van der Waals surface area contributed by atoms with Gasteiger partial charge in [0, 0.05) is 22.5 Å². The summed E-state index contributed by atoms with van der Waals surface area (Å²) < 4.78 is 0. The van der Waals surface area contributed by atoms with E-state index < -0.39 is 0 Å². The molecular weight excluding hydrogens is 268 g/mol. The summed E-state index contributed by atoms with van der Waals surface area (Å²) in [5, 5.41) is 5.69. The fraction of sp³-hybridized carbons (Fsp3) is 0.471. The topological polar surface area (TPSA) is 26.2 Å². The molecule has 1 aliphatic rings. The van der Waals surface area contributed by atoms with E-state index in [-0.39, 0.29) is 0 Å². The van der Waals surface area contributed by atoms with Gasteiger partial charge in [-0.15, -0.1) is 0 Å². The highest BCUT2D eigenvalue weighted by molar-refractivity contribution is 6.31. The Kier molecular flexibility index (Phi) is 4.11. The molecule has 0 unspecified atom stereocenters. The predicted molar refractivity (Wildman–Crippen MR) is 85.4 cm³/mol. The van der Waals surface area contributed by atoms with Crippen molar-refractivity contribution < 1.29 is 4.98 Å². The average Bonchev–Trinajstić information content (AvgIpc) is 2.67. The van der Waals surface area contributed by atoms with Gasteiger partial charge in [-0.25, -0.2) is 4.98 Å². The lowest BCUT2D eigenvalue weighted by atomic mass is 10.1. The van der Waals surface area contributed by atoms with Gasteiger partial charge in [0.1, 0.15) is 5.52 Å². The molecule has 3 rings (SSSR count). The van der Waals surface area contributed by atoms with E-state index in [2.05, 4.69) is 29.4 Å². The highest BCUT2D eigenvalue weighted by Gasteiger charge is 2.17. The number of aryl methyl sites for hydroxylation is 1. The molecule has 0 radical (unpaired) electrons. The summed E-state index contributed by atoms with van der Waals surface area (Å²) in [4.78, 5) is 3.48. The van der Waals surface area contributed by atoms with Crippen LogP contribution in [-0.4, -0.2) is 6.04 Å². The van der Waals surface area contributed by atoms with Crippen molar-refractivity contribution >= 4 is 28.3 Å². The number of hydrogen-bond acceptors (Lipinski definition) is 1. The Morgan fingerprint density at radius 2 is 1.85 bits per heavy atom. The van der Waals surface area contributed by atoms with Gasteiger partial charge in [0.2, 0.25) is 0 Å². The fourth-order valence-electron chi connectivity index (χ4n) is 3.16. The smallest absolute Gasteiger partial charge is 0.272 e. The number of fused-ring (bicyclic) bond motifs is 1. The number of H-pyrrole nitrogens is 1. The molecule has 1 aromatic heterocycles. The lowest BCUT2D eigenvalue weighted by Crippen LogP contribution is -2.24. The van der Waals surface area contributed by atoms with Gasteiger partial charge in [0.05, 0.1) is 6.04 Å². The summed E-state index contributed by atoms with van der Waals surface area (Å²) in [5.74, 6) is 1.11. The van der Waals surface area contributed by atoms with Crippen molar-refractivity contribution in [3.63, 3.8) is 0 Å². The molecule has 0 spiro atoms. The number of anilines is 1. The van der Waals surface area contributed by atoms with Crippen LogP contribution >= 0.6 is 11.6 Å². The third-order valence-electron chi connectivity index (χ3n) is 4.25. The van der Waals surface area contributed by atoms with E-state index in [1.165, 1.54) is 49.5 Å². The van der Waals surface area contributed by atoms with E-state index in [0.717, 1.165) is 16.4 Å². The minimum absolute atomic E-state index is 0.602. The Hall–Kier alpha value is -1.28. The second-order valence-electron chi connectivity index (χ2n) is 5.89. The Morgan fingerprint density at radius 3 is 2.60 bits per heavy atom. The van der Waals surface area contributed by atoms with Crippen LogP contribution in [0, 0.1) is 6.92 Å². The SMILES string of the molecule is Cc1cc(NC2CCCCCC2)[nH+]c2cc(Cl)ccc12. The number of aromatic nitrogens is 1. The number of pyridine rings is 1. The largest absolute Gasteiger partial charge is 0.273 e. The molecule has 2 aromatic rings. The quantitative estimate of drug-likeness (QED) is 0.793. The fourth-order valence-corrected chi connectivity index (χ4v) is 3.33. The minimum atomic E-state index is 0.602. The summed E-state index contributed by atoms with van der Waals surface area (Å²) >= 11 is 6.10. The van der Waals surface area contributed by atoms with E-state index in [9.17, 15) is 0 Å². The van der Waals surface area contributed by atoms with Crippen LogP contribution in [0.5, 0.6) is 0 Å². The van der Waals surface area contributed by atoms with Gasteiger partial charge in [-0.3, -0.25) is 5.32 Å². The Labute approximate surface area is 125 Å². The summed E-state index contributed by atoms with van der Waals surface area (Å²) in [6, 6.07) is 8.84.